The molecule has 0 aliphatic rings. The fraction of sp³-hybridized carbons (Fsp3) is 0.462. The van der Waals surface area contributed by atoms with E-state index in [1.165, 1.54) is 0 Å². The van der Waals surface area contributed by atoms with Gasteiger partial charge in [-0.25, -0.2) is 14.6 Å². The number of aryl methyl sites for hydroxylation is 1. The van der Waals surface area contributed by atoms with E-state index in [1.807, 2.05) is 33.0 Å². The molecule has 1 N–H and O–H groups in total. The van der Waals surface area contributed by atoms with Gasteiger partial charge in [-0.2, -0.15) is 5.10 Å². The van der Waals surface area contributed by atoms with Gasteiger partial charge in [0, 0.05) is 25.4 Å². The molecule has 2 rings (SSSR count). The van der Waals surface area contributed by atoms with Gasteiger partial charge in [-0.1, -0.05) is 0 Å². The number of rotatable bonds is 6. The van der Waals surface area contributed by atoms with Crippen molar-refractivity contribution in [3.8, 4) is 5.82 Å². The number of hydrogen-bond donors (Lipinski definition) is 1. The van der Waals surface area contributed by atoms with Gasteiger partial charge in [-0.05, 0) is 26.3 Å². The maximum Gasteiger partial charge on any atom is 0.159 e. The molecule has 19 heavy (non-hydrogen) atoms. The first-order chi connectivity index (χ1) is 9.22. The molecule has 2 aromatic rings. The number of anilines is 1. The van der Waals surface area contributed by atoms with E-state index in [0.29, 0.717) is 19.0 Å². The highest BCUT2D eigenvalue weighted by Crippen LogP contribution is 2.12. The second-order valence-corrected chi connectivity index (χ2v) is 4.16. The van der Waals surface area contributed by atoms with Crippen LogP contribution in [0.4, 0.5) is 5.82 Å². The van der Waals surface area contributed by atoms with Gasteiger partial charge in [0.25, 0.3) is 0 Å². The lowest BCUT2D eigenvalue weighted by atomic mass is 10.4. The van der Waals surface area contributed by atoms with Crippen molar-refractivity contribution in [3.05, 3.63) is 29.8 Å². The molecule has 0 unspecified atom stereocenters. The van der Waals surface area contributed by atoms with E-state index in [0.717, 1.165) is 23.7 Å². The average molecular weight is 261 g/mol. The molecule has 0 saturated carbocycles. The second kappa shape index (κ2) is 6.29. The van der Waals surface area contributed by atoms with Crippen LogP contribution < -0.4 is 5.32 Å². The summed E-state index contributed by atoms with van der Waals surface area (Å²) < 4.78 is 7.11. The van der Waals surface area contributed by atoms with Crippen molar-refractivity contribution in [3.63, 3.8) is 0 Å². The minimum absolute atomic E-state index is 0.406. The number of ether oxygens (including phenoxy) is 1. The zero-order chi connectivity index (χ0) is 13.7. The summed E-state index contributed by atoms with van der Waals surface area (Å²) in [6.45, 7) is 7.83. The fourth-order valence-corrected chi connectivity index (χ4v) is 1.67. The lowest BCUT2D eigenvalue weighted by Crippen LogP contribution is -2.09. The molecule has 6 heteroatoms. The Hall–Kier alpha value is -1.95. The van der Waals surface area contributed by atoms with Gasteiger partial charge in [0.1, 0.15) is 12.4 Å². The van der Waals surface area contributed by atoms with Crippen molar-refractivity contribution in [2.45, 2.75) is 27.4 Å². The molecule has 0 radical (unpaired) electrons. The molecule has 102 valence electrons. The number of aromatic nitrogens is 4. The summed E-state index contributed by atoms with van der Waals surface area (Å²) in [7, 11) is 0. The van der Waals surface area contributed by atoms with E-state index in [4.69, 9.17) is 4.74 Å². The Bertz CT molecular complexity index is 538. The second-order valence-electron chi connectivity index (χ2n) is 4.16. The Kier molecular flexibility index (Phi) is 4.46. The summed E-state index contributed by atoms with van der Waals surface area (Å²) in [5.41, 5.74) is 1.09. The molecular weight excluding hydrogens is 242 g/mol. The summed E-state index contributed by atoms with van der Waals surface area (Å²) >= 11 is 0. The quantitative estimate of drug-likeness (QED) is 0.861. The van der Waals surface area contributed by atoms with Gasteiger partial charge in [0.05, 0.1) is 6.20 Å². The molecule has 0 bridgehead atoms. The van der Waals surface area contributed by atoms with Crippen LogP contribution >= 0.6 is 0 Å². The molecule has 0 aliphatic heterocycles. The zero-order valence-corrected chi connectivity index (χ0v) is 11.6. The van der Waals surface area contributed by atoms with Crippen LogP contribution in [-0.4, -0.2) is 32.9 Å². The Morgan fingerprint density at radius 2 is 2.16 bits per heavy atom. The van der Waals surface area contributed by atoms with Gasteiger partial charge in [0.2, 0.25) is 0 Å². The van der Waals surface area contributed by atoms with Gasteiger partial charge < -0.3 is 10.1 Å². The summed E-state index contributed by atoms with van der Waals surface area (Å²) in [4.78, 5) is 8.87. The molecular formula is C13H19N5O. The highest BCUT2D eigenvalue weighted by atomic mass is 16.5. The van der Waals surface area contributed by atoms with E-state index in [-0.39, 0.29) is 0 Å². The molecule has 2 heterocycles. The largest absolute Gasteiger partial charge is 0.374 e. The standard InChI is InChI=1S/C13H19N5O/c1-4-14-11-6-13(18-8-10(3)7-15-18)17-12(16-11)9-19-5-2/h6-8H,4-5,9H2,1-3H3,(H,14,16,17). The minimum Gasteiger partial charge on any atom is -0.374 e. The first kappa shape index (κ1) is 13.5. The molecule has 6 nitrogen and oxygen atoms in total. The number of hydrogen-bond acceptors (Lipinski definition) is 5. The molecule has 2 aromatic heterocycles. The fourth-order valence-electron chi connectivity index (χ4n) is 1.67. The molecule has 0 amide bonds. The summed E-state index contributed by atoms with van der Waals surface area (Å²) in [6, 6.07) is 1.88. The van der Waals surface area contributed by atoms with Crippen LogP contribution in [0, 0.1) is 6.92 Å². The van der Waals surface area contributed by atoms with Crippen LogP contribution in [0.25, 0.3) is 5.82 Å². The van der Waals surface area contributed by atoms with E-state index in [1.54, 1.807) is 10.9 Å². The van der Waals surface area contributed by atoms with Crippen LogP contribution in [0.2, 0.25) is 0 Å². The summed E-state index contributed by atoms with van der Waals surface area (Å²) in [5, 5.41) is 7.46. The molecule has 0 spiro atoms. The van der Waals surface area contributed by atoms with Crippen molar-refractivity contribution < 1.29 is 4.74 Å². The third kappa shape index (κ3) is 3.51. The van der Waals surface area contributed by atoms with Crippen LogP contribution in [0.15, 0.2) is 18.5 Å². The minimum atomic E-state index is 0.406. The Balaban J connectivity index is 2.33. The SMILES string of the molecule is CCNc1cc(-n2cc(C)cn2)nc(COCC)n1. The Labute approximate surface area is 112 Å². The number of nitrogens with one attached hydrogen (secondary N) is 1. The van der Waals surface area contributed by atoms with Crippen LogP contribution in [0.5, 0.6) is 0 Å². The lowest BCUT2D eigenvalue weighted by molar-refractivity contribution is 0.128. The van der Waals surface area contributed by atoms with Crippen LogP contribution in [0.3, 0.4) is 0 Å². The Morgan fingerprint density at radius 3 is 2.79 bits per heavy atom. The van der Waals surface area contributed by atoms with Gasteiger partial charge >= 0.3 is 0 Å². The molecule has 0 aromatic carbocycles. The first-order valence-corrected chi connectivity index (χ1v) is 6.44. The zero-order valence-electron chi connectivity index (χ0n) is 11.6. The van der Waals surface area contributed by atoms with Gasteiger partial charge in [0.15, 0.2) is 11.6 Å². The van der Waals surface area contributed by atoms with Crippen molar-refractivity contribution >= 4 is 5.82 Å². The topological polar surface area (TPSA) is 64.9 Å². The van der Waals surface area contributed by atoms with E-state index >= 15 is 0 Å². The maximum absolute atomic E-state index is 5.37. The smallest absolute Gasteiger partial charge is 0.159 e. The van der Waals surface area contributed by atoms with E-state index in [2.05, 4.69) is 20.4 Å². The van der Waals surface area contributed by atoms with Crippen LogP contribution in [-0.2, 0) is 11.3 Å². The van der Waals surface area contributed by atoms with Crippen molar-refractivity contribution in [2.24, 2.45) is 0 Å². The van der Waals surface area contributed by atoms with Gasteiger partial charge in [-0.3, -0.25) is 0 Å². The molecule has 0 saturated heterocycles. The molecule has 0 atom stereocenters. The molecule has 0 aliphatic carbocycles. The third-order valence-electron chi connectivity index (χ3n) is 2.50. The Morgan fingerprint density at radius 1 is 1.32 bits per heavy atom. The van der Waals surface area contributed by atoms with Crippen molar-refractivity contribution in [1.82, 2.24) is 19.7 Å². The van der Waals surface area contributed by atoms with E-state index in [9.17, 15) is 0 Å². The predicted molar refractivity (Wildman–Crippen MR) is 73.4 cm³/mol. The maximum atomic E-state index is 5.37. The normalized spacial score (nSPS) is 10.7. The number of nitrogens with zero attached hydrogens (tertiary/aromatic N) is 4. The highest BCUT2D eigenvalue weighted by molar-refractivity contribution is 5.41. The summed E-state index contributed by atoms with van der Waals surface area (Å²) in [5.74, 6) is 2.19. The van der Waals surface area contributed by atoms with Crippen LogP contribution in [0.1, 0.15) is 25.2 Å². The van der Waals surface area contributed by atoms with E-state index < -0.39 is 0 Å². The highest BCUT2D eigenvalue weighted by Gasteiger charge is 2.07. The first-order valence-electron chi connectivity index (χ1n) is 6.44. The average Bonchev–Trinajstić information content (AvgIpc) is 2.83. The van der Waals surface area contributed by atoms with Crippen molar-refractivity contribution in [1.29, 1.82) is 0 Å². The predicted octanol–water partition coefficient (Wildman–Crippen LogP) is 1.94. The van der Waals surface area contributed by atoms with Crippen molar-refractivity contribution in [2.75, 3.05) is 18.5 Å². The third-order valence-corrected chi connectivity index (χ3v) is 2.50. The molecule has 0 fully saturated rings. The summed E-state index contributed by atoms with van der Waals surface area (Å²) in [6.07, 6.45) is 3.74. The lowest BCUT2D eigenvalue weighted by Gasteiger charge is -2.08. The monoisotopic (exact) mass is 261 g/mol. The van der Waals surface area contributed by atoms with Gasteiger partial charge in [-0.15, -0.1) is 0 Å².